The van der Waals surface area contributed by atoms with Crippen molar-refractivity contribution in [3.05, 3.63) is 67.9 Å². The van der Waals surface area contributed by atoms with Crippen molar-refractivity contribution in [3.63, 3.8) is 0 Å². The van der Waals surface area contributed by atoms with Gasteiger partial charge in [0.25, 0.3) is 0 Å². The van der Waals surface area contributed by atoms with Gasteiger partial charge in [-0.3, -0.25) is 0 Å². The molecule has 0 aliphatic carbocycles. The molecule has 1 atom stereocenters. The Morgan fingerprint density at radius 3 is 2.56 bits per heavy atom. The summed E-state index contributed by atoms with van der Waals surface area (Å²) in [4.78, 5) is 0. The monoisotopic (exact) mass is 371 g/mol. The summed E-state index contributed by atoms with van der Waals surface area (Å²) in [6.07, 6.45) is 0. The number of halogens is 3. The highest BCUT2D eigenvalue weighted by Crippen LogP contribution is 2.31. The first-order chi connectivity index (χ1) is 8.50. The lowest BCUT2D eigenvalue weighted by molar-refractivity contribution is 0.590. The van der Waals surface area contributed by atoms with Crippen LogP contribution in [0.1, 0.15) is 22.7 Å². The molecule has 0 fully saturated rings. The SMILES string of the molecule is Cc1cccc(C(N)c2cc(Br)ccc2Br)c1F. The quantitative estimate of drug-likeness (QED) is 0.811. The van der Waals surface area contributed by atoms with E-state index in [4.69, 9.17) is 5.73 Å². The first kappa shape index (κ1) is 13.7. The first-order valence-electron chi connectivity index (χ1n) is 5.46. The van der Waals surface area contributed by atoms with Crippen LogP contribution in [0.2, 0.25) is 0 Å². The summed E-state index contributed by atoms with van der Waals surface area (Å²) >= 11 is 6.85. The number of hydrogen-bond donors (Lipinski definition) is 1. The summed E-state index contributed by atoms with van der Waals surface area (Å²) < 4.78 is 15.9. The third-order valence-corrected chi connectivity index (χ3v) is 4.07. The molecule has 0 saturated carbocycles. The second-order valence-electron chi connectivity index (χ2n) is 4.12. The van der Waals surface area contributed by atoms with Crippen LogP contribution in [0.15, 0.2) is 45.3 Å². The van der Waals surface area contributed by atoms with Gasteiger partial charge >= 0.3 is 0 Å². The zero-order valence-electron chi connectivity index (χ0n) is 9.75. The van der Waals surface area contributed by atoms with Crippen molar-refractivity contribution in [2.45, 2.75) is 13.0 Å². The Hall–Kier alpha value is -0.710. The Balaban J connectivity index is 2.51. The van der Waals surface area contributed by atoms with Gasteiger partial charge in [0.1, 0.15) is 5.82 Å². The van der Waals surface area contributed by atoms with Gasteiger partial charge in [-0.05, 0) is 36.2 Å². The van der Waals surface area contributed by atoms with E-state index in [0.717, 1.165) is 14.5 Å². The van der Waals surface area contributed by atoms with E-state index < -0.39 is 6.04 Å². The van der Waals surface area contributed by atoms with Crippen LogP contribution in [-0.2, 0) is 0 Å². The van der Waals surface area contributed by atoms with Crippen LogP contribution in [0.5, 0.6) is 0 Å². The number of benzene rings is 2. The molecule has 18 heavy (non-hydrogen) atoms. The molecule has 0 saturated heterocycles. The molecule has 0 aliphatic heterocycles. The molecule has 1 unspecified atom stereocenters. The lowest BCUT2D eigenvalue weighted by atomic mass is 9.97. The van der Waals surface area contributed by atoms with Crippen molar-refractivity contribution >= 4 is 31.9 Å². The van der Waals surface area contributed by atoms with Gasteiger partial charge in [-0.2, -0.15) is 0 Å². The van der Waals surface area contributed by atoms with E-state index in [1.165, 1.54) is 0 Å². The molecule has 4 heteroatoms. The minimum absolute atomic E-state index is 0.239. The Morgan fingerprint density at radius 2 is 1.83 bits per heavy atom. The molecule has 0 radical (unpaired) electrons. The number of nitrogens with two attached hydrogens (primary N) is 1. The maximum atomic E-state index is 14.1. The van der Waals surface area contributed by atoms with Crippen molar-refractivity contribution < 1.29 is 4.39 Å². The summed E-state index contributed by atoms with van der Waals surface area (Å²) in [5.41, 5.74) is 8.13. The second kappa shape index (κ2) is 5.51. The van der Waals surface area contributed by atoms with E-state index in [-0.39, 0.29) is 5.82 Å². The topological polar surface area (TPSA) is 26.0 Å². The van der Waals surface area contributed by atoms with Crippen LogP contribution >= 0.6 is 31.9 Å². The lowest BCUT2D eigenvalue weighted by Crippen LogP contribution is -2.14. The van der Waals surface area contributed by atoms with Gasteiger partial charge in [-0.1, -0.05) is 50.1 Å². The molecular weight excluding hydrogens is 361 g/mol. The first-order valence-corrected chi connectivity index (χ1v) is 7.05. The van der Waals surface area contributed by atoms with Crippen molar-refractivity contribution in [3.8, 4) is 0 Å². The smallest absolute Gasteiger partial charge is 0.131 e. The van der Waals surface area contributed by atoms with Gasteiger partial charge < -0.3 is 5.73 Å². The predicted octanol–water partition coefficient (Wildman–Crippen LogP) is 4.71. The summed E-state index contributed by atoms with van der Waals surface area (Å²) in [5, 5.41) is 0. The summed E-state index contributed by atoms with van der Waals surface area (Å²) in [7, 11) is 0. The molecule has 2 rings (SSSR count). The Morgan fingerprint density at radius 1 is 1.11 bits per heavy atom. The van der Waals surface area contributed by atoms with Crippen LogP contribution < -0.4 is 5.73 Å². The van der Waals surface area contributed by atoms with E-state index in [9.17, 15) is 4.39 Å². The summed E-state index contributed by atoms with van der Waals surface area (Å²) in [5.74, 6) is -0.239. The average Bonchev–Trinajstić information content (AvgIpc) is 2.35. The van der Waals surface area contributed by atoms with Gasteiger partial charge in [-0.25, -0.2) is 4.39 Å². The molecule has 0 heterocycles. The van der Waals surface area contributed by atoms with Gasteiger partial charge in [0, 0.05) is 14.5 Å². The minimum atomic E-state index is -0.489. The van der Waals surface area contributed by atoms with Crippen molar-refractivity contribution in [2.24, 2.45) is 5.73 Å². The van der Waals surface area contributed by atoms with Crippen molar-refractivity contribution in [1.29, 1.82) is 0 Å². The van der Waals surface area contributed by atoms with Crippen LogP contribution in [0.3, 0.4) is 0 Å². The predicted molar refractivity (Wildman–Crippen MR) is 79.0 cm³/mol. The molecule has 1 nitrogen and oxygen atoms in total. The van der Waals surface area contributed by atoms with Crippen molar-refractivity contribution in [2.75, 3.05) is 0 Å². The highest BCUT2D eigenvalue weighted by molar-refractivity contribution is 9.11. The van der Waals surface area contributed by atoms with E-state index in [2.05, 4.69) is 31.9 Å². The Labute approximate surface area is 122 Å². The molecular formula is C14H12Br2FN. The molecule has 0 amide bonds. The second-order valence-corrected chi connectivity index (χ2v) is 5.89. The molecule has 0 aliphatic rings. The molecule has 2 N–H and O–H groups in total. The highest BCUT2D eigenvalue weighted by Gasteiger charge is 2.17. The Kier molecular flexibility index (Phi) is 4.20. The zero-order chi connectivity index (χ0) is 13.3. The highest BCUT2D eigenvalue weighted by atomic mass is 79.9. The fraction of sp³-hybridized carbons (Fsp3) is 0.143. The minimum Gasteiger partial charge on any atom is -0.320 e. The van der Waals surface area contributed by atoms with Gasteiger partial charge in [0.05, 0.1) is 6.04 Å². The maximum absolute atomic E-state index is 14.1. The zero-order valence-corrected chi connectivity index (χ0v) is 12.9. The Bertz CT molecular complexity index is 582. The van der Waals surface area contributed by atoms with Crippen LogP contribution in [0, 0.1) is 12.7 Å². The molecule has 2 aromatic carbocycles. The third kappa shape index (κ3) is 2.66. The maximum Gasteiger partial charge on any atom is 0.131 e. The standard InChI is InChI=1S/C14H12Br2FN/c1-8-3-2-4-10(13(8)17)14(18)11-7-9(15)5-6-12(11)16/h2-7,14H,18H2,1H3. The lowest BCUT2D eigenvalue weighted by Gasteiger charge is -2.16. The van der Waals surface area contributed by atoms with E-state index in [0.29, 0.717) is 11.1 Å². The van der Waals surface area contributed by atoms with Crippen LogP contribution in [0.4, 0.5) is 4.39 Å². The molecule has 0 bridgehead atoms. The van der Waals surface area contributed by atoms with E-state index in [1.54, 1.807) is 19.1 Å². The van der Waals surface area contributed by atoms with Crippen LogP contribution in [0.25, 0.3) is 0 Å². The van der Waals surface area contributed by atoms with Crippen LogP contribution in [-0.4, -0.2) is 0 Å². The fourth-order valence-electron chi connectivity index (χ4n) is 1.83. The normalized spacial score (nSPS) is 12.5. The van der Waals surface area contributed by atoms with Gasteiger partial charge in [0.2, 0.25) is 0 Å². The fourth-order valence-corrected chi connectivity index (χ4v) is 2.70. The van der Waals surface area contributed by atoms with Gasteiger partial charge in [0.15, 0.2) is 0 Å². The van der Waals surface area contributed by atoms with E-state index in [1.807, 2.05) is 24.3 Å². The largest absolute Gasteiger partial charge is 0.320 e. The third-order valence-electron chi connectivity index (χ3n) is 2.85. The molecule has 94 valence electrons. The molecule has 0 aromatic heterocycles. The van der Waals surface area contributed by atoms with E-state index >= 15 is 0 Å². The number of hydrogen-bond acceptors (Lipinski definition) is 1. The number of rotatable bonds is 2. The summed E-state index contributed by atoms with van der Waals surface area (Å²) in [6, 6.07) is 10.5. The molecule has 0 spiro atoms. The average molecular weight is 373 g/mol. The van der Waals surface area contributed by atoms with Gasteiger partial charge in [-0.15, -0.1) is 0 Å². The summed E-state index contributed by atoms with van der Waals surface area (Å²) in [6.45, 7) is 1.74. The molecule has 2 aromatic rings. The number of aryl methyl sites for hydroxylation is 1. The van der Waals surface area contributed by atoms with Crippen molar-refractivity contribution in [1.82, 2.24) is 0 Å².